The molecule has 2 aromatic rings. The van der Waals surface area contributed by atoms with Gasteiger partial charge >= 0.3 is 6.03 Å². The van der Waals surface area contributed by atoms with E-state index in [-0.39, 0.29) is 11.8 Å². The molecular formula is C16H21FN4O2. The predicted octanol–water partition coefficient (Wildman–Crippen LogP) is 2.72. The summed E-state index contributed by atoms with van der Waals surface area (Å²) in [6.45, 7) is 3.26. The van der Waals surface area contributed by atoms with E-state index in [1.54, 1.807) is 30.0 Å². The second kappa shape index (κ2) is 7.73. The Morgan fingerprint density at radius 1 is 1.30 bits per heavy atom. The first-order valence-corrected chi connectivity index (χ1v) is 7.32. The zero-order valence-electron chi connectivity index (χ0n) is 13.5. The number of rotatable bonds is 6. The topological polar surface area (TPSA) is 61.6 Å². The molecule has 0 saturated carbocycles. The Hall–Kier alpha value is -2.41. The highest BCUT2D eigenvalue weighted by molar-refractivity contribution is 5.88. The molecule has 1 N–H and O–H groups in total. The average Bonchev–Trinajstić information content (AvgIpc) is 2.88. The molecule has 6 nitrogen and oxygen atoms in total. The molecule has 0 saturated heterocycles. The maximum atomic E-state index is 13.3. The zero-order valence-corrected chi connectivity index (χ0v) is 13.5. The van der Waals surface area contributed by atoms with Crippen LogP contribution in [0, 0.1) is 12.7 Å². The molecule has 0 bridgehead atoms. The Morgan fingerprint density at radius 3 is 2.70 bits per heavy atom. The monoisotopic (exact) mass is 320 g/mol. The number of nitrogens with one attached hydrogen (secondary N) is 1. The van der Waals surface area contributed by atoms with Crippen LogP contribution in [0.25, 0.3) is 0 Å². The lowest BCUT2D eigenvalue weighted by Crippen LogP contribution is -2.39. The van der Waals surface area contributed by atoms with Gasteiger partial charge < -0.3 is 14.3 Å². The molecule has 7 heteroatoms. The summed E-state index contributed by atoms with van der Waals surface area (Å²) >= 11 is 0. The molecule has 0 aliphatic rings. The van der Waals surface area contributed by atoms with Gasteiger partial charge in [0.05, 0.1) is 0 Å². The third-order valence-electron chi connectivity index (χ3n) is 3.23. The molecule has 1 heterocycles. The number of nitrogens with zero attached hydrogens (tertiary/aromatic N) is 3. The SMILES string of the molecule is Cc1cc(NC(=O)N(CCN(C)C)Cc2cccc(F)c2)no1. The van der Waals surface area contributed by atoms with Gasteiger partial charge in [-0.25, -0.2) is 9.18 Å². The summed E-state index contributed by atoms with van der Waals surface area (Å²) in [5.41, 5.74) is 0.732. The van der Waals surface area contributed by atoms with E-state index in [0.29, 0.717) is 31.2 Å². The van der Waals surface area contributed by atoms with Crippen LogP contribution in [0.15, 0.2) is 34.9 Å². The van der Waals surface area contributed by atoms with Gasteiger partial charge in [-0.2, -0.15) is 0 Å². The number of aryl methyl sites for hydroxylation is 1. The van der Waals surface area contributed by atoms with E-state index < -0.39 is 0 Å². The number of aromatic nitrogens is 1. The molecule has 0 unspecified atom stereocenters. The first-order valence-electron chi connectivity index (χ1n) is 7.32. The fourth-order valence-electron chi connectivity index (χ4n) is 2.04. The normalized spacial score (nSPS) is 10.8. The van der Waals surface area contributed by atoms with E-state index in [1.807, 2.05) is 19.0 Å². The number of urea groups is 1. The van der Waals surface area contributed by atoms with Crippen molar-refractivity contribution >= 4 is 11.8 Å². The minimum Gasteiger partial charge on any atom is -0.360 e. The van der Waals surface area contributed by atoms with Crippen LogP contribution < -0.4 is 5.32 Å². The van der Waals surface area contributed by atoms with Gasteiger partial charge in [0.1, 0.15) is 11.6 Å². The van der Waals surface area contributed by atoms with Crippen LogP contribution in [0.4, 0.5) is 15.0 Å². The second-order valence-electron chi connectivity index (χ2n) is 5.61. The number of hydrogen-bond donors (Lipinski definition) is 1. The van der Waals surface area contributed by atoms with Crippen molar-refractivity contribution in [1.82, 2.24) is 15.0 Å². The van der Waals surface area contributed by atoms with Crippen LogP contribution in [0.1, 0.15) is 11.3 Å². The minimum atomic E-state index is -0.317. The van der Waals surface area contributed by atoms with Gasteiger partial charge in [-0.05, 0) is 38.7 Å². The summed E-state index contributed by atoms with van der Waals surface area (Å²) in [5.74, 6) is 0.662. The maximum absolute atomic E-state index is 13.3. The van der Waals surface area contributed by atoms with E-state index in [0.717, 1.165) is 5.56 Å². The Balaban J connectivity index is 2.07. The Labute approximate surface area is 134 Å². The van der Waals surface area contributed by atoms with Crippen molar-refractivity contribution < 1.29 is 13.7 Å². The molecule has 0 aliphatic carbocycles. The number of benzene rings is 1. The van der Waals surface area contributed by atoms with Crippen molar-refractivity contribution in [3.05, 3.63) is 47.5 Å². The predicted molar refractivity (Wildman–Crippen MR) is 85.6 cm³/mol. The molecule has 2 amide bonds. The summed E-state index contributed by atoms with van der Waals surface area (Å²) in [6.07, 6.45) is 0. The fraction of sp³-hybridized carbons (Fsp3) is 0.375. The van der Waals surface area contributed by atoms with Crippen LogP contribution in [-0.2, 0) is 6.54 Å². The van der Waals surface area contributed by atoms with Crippen LogP contribution in [-0.4, -0.2) is 48.2 Å². The minimum absolute atomic E-state index is 0.301. The first kappa shape index (κ1) is 17.0. The number of halogens is 1. The molecule has 23 heavy (non-hydrogen) atoms. The highest BCUT2D eigenvalue weighted by atomic mass is 19.1. The van der Waals surface area contributed by atoms with Gasteiger partial charge in [-0.3, -0.25) is 5.32 Å². The maximum Gasteiger partial charge on any atom is 0.323 e. The highest BCUT2D eigenvalue weighted by Gasteiger charge is 2.16. The van der Waals surface area contributed by atoms with E-state index in [4.69, 9.17) is 4.52 Å². The molecule has 0 aliphatic heterocycles. The van der Waals surface area contributed by atoms with Crippen LogP contribution in [0.5, 0.6) is 0 Å². The zero-order chi connectivity index (χ0) is 16.8. The van der Waals surface area contributed by atoms with Gasteiger partial charge in [0.2, 0.25) is 0 Å². The second-order valence-corrected chi connectivity index (χ2v) is 5.61. The summed E-state index contributed by atoms with van der Waals surface area (Å²) in [4.78, 5) is 16.0. The molecule has 0 radical (unpaired) electrons. The number of carbonyl (C=O) groups excluding carboxylic acids is 1. The third kappa shape index (κ3) is 5.37. The van der Waals surface area contributed by atoms with Crippen molar-refractivity contribution in [3.63, 3.8) is 0 Å². The van der Waals surface area contributed by atoms with Gasteiger partial charge in [0, 0.05) is 25.7 Å². The number of amides is 2. The highest BCUT2D eigenvalue weighted by Crippen LogP contribution is 2.11. The van der Waals surface area contributed by atoms with Crippen molar-refractivity contribution in [2.24, 2.45) is 0 Å². The summed E-state index contributed by atoms with van der Waals surface area (Å²) in [6, 6.07) is 7.57. The third-order valence-corrected chi connectivity index (χ3v) is 3.23. The Kier molecular flexibility index (Phi) is 5.70. The molecule has 0 atom stereocenters. The standard InChI is InChI=1S/C16H21FN4O2/c1-12-9-15(19-23-12)18-16(22)21(8-7-20(2)3)11-13-5-4-6-14(17)10-13/h4-6,9-10H,7-8,11H2,1-3H3,(H,18,19,22). The van der Waals surface area contributed by atoms with E-state index >= 15 is 0 Å². The quantitative estimate of drug-likeness (QED) is 0.889. The van der Waals surface area contributed by atoms with Gasteiger partial charge in [-0.1, -0.05) is 17.3 Å². The molecule has 2 rings (SSSR count). The molecule has 0 fully saturated rings. The Morgan fingerprint density at radius 2 is 2.09 bits per heavy atom. The smallest absolute Gasteiger partial charge is 0.323 e. The van der Waals surface area contributed by atoms with E-state index in [1.165, 1.54) is 12.1 Å². The van der Waals surface area contributed by atoms with Crippen molar-refractivity contribution in [3.8, 4) is 0 Å². The number of carbonyl (C=O) groups is 1. The molecule has 124 valence electrons. The molecule has 0 spiro atoms. The van der Waals surface area contributed by atoms with Crippen LogP contribution in [0.2, 0.25) is 0 Å². The van der Waals surface area contributed by atoms with Gasteiger partial charge in [0.15, 0.2) is 5.82 Å². The van der Waals surface area contributed by atoms with Crippen molar-refractivity contribution in [1.29, 1.82) is 0 Å². The van der Waals surface area contributed by atoms with Gasteiger partial charge in [0.25, 0.3) is 0 Å². The molecular weight excluding hydrogens is 299 g/mol. The number of hydrogen-bond acceptors (Lipinski definition) is 4. The summed E-state index contributed by atoms with van der Waals surface area (Å²) in [5, 5.41) is 6.44. The number of likely N-dealkylation sites (N-methyl/N-ethyl adjacent to an activating group) is 1. The Bertz CT molecular complexity index is 657. The summed E-state index contributed by atoms with van der Waals surface area (Å²) < 4.78 is 18.3. The van der Waals surface area contributed by atoms with Crippen LogP contribution >= 0.6 is 0 Å². The summed E-state index contributed by atoms with van der Waals surface area (Å²) in [7, 11) is 3.86. The van der Waals surface area contributed by atoms with Crippen LogP contribution in [0.3, 0.4) is 0 Å². The van der Waals surface area contributed by atoms with E-state index in [2.05, 4.69) is 10.5 Å². The lowest BCUT2D eigenvalue weighted by Gasteiger charge is -2.24. The molecule has 1 aromatic heterocycles. The first-order chi connectivity index (χ1) is 10.9. The van der Waals surface area contributed by atoms with Crippen molar-refractivity contribution in [2.45, 2.75) is 13.5 Å². The van der Waals surface area contributed by atoms with Gasteiger partial charge in [-0.15, -0.1) is 0 Å². The van der Waals surface area contributed by atoms with Crippen molar-refractivity contribution in [2.75, 3.05) is 32.5 Å². The lowest BCUT2D eigenvalue weighted by atomic mass is 10.2. The fourth-order valence-corrected chi connectivity index (χ4v) is 2.04. The van der Waals surface area contributed by atoms with E-state index in [9.17, 15) is 9.18 Å². The number of anilines is 1. The molecule has 1 aromatic carbocycles. The lowest BCUT2D eigenvalue weighted by molar-refractivity contribution is 0.202. The largest absolute Gasteiger partial charge is 0.360 e. The average molecular weight is 320 g/mol.